The van der Waals surface area contributed by atoms with E-state index in [1.165, 1.54) is 35.6 Å². The lowest BCUT2D eigenvalue weighted by Crippen LogP contribution is -2.37. The summed E-state index contributed by atoms with van der Waals surface area (Å²) in [6.45, 7) is 6.51. The number of halogens is 3. The number of ether oxygens (including phenoxy) is 2. The maximum absolute atomic E-state index is 14.3. The summed E-state index contributed by atoms with van der Waals surface area (Å²) >= 11 is 1.26. The second kappa shape index (κ2) is 10.9. The Hall–Kier alpha value is -3.90. The highest BCUT2D eigenvalue weighted by molar-refractivity contribution is 7.17. The van der Waals surface area contributed by atoms with Crippen molar-refractivity contribution in [1.82, 2.24) is 0 Å². The van der Waals surface area contributed by atoms with Crippen molar-refractivity contribution < 1.29 is 41.9 Å². The van der Waals surface area contributed by atoms with Gasteiger partial charge in [0, 0.05) is 4.88 Å². The van der Waals surface area contributed by atoms with Crippen LogP contribution in [0.1, 0.15) is 59.6 Å². The molecule has 0 spiro atoms. The van der Waals surface area contributed by atoms with Gasteiger partial charge in [-0.2, -0.15) is 0 Å². The van der Waals surface area contributed by atoms with E-state index in [4.69, 9.17) is 9.57 Å². The molecule has 44 heavy (non-hydrogen) atoms. The van der Waals surface area contributed by atoms with E-state index in [1.807, 2.05) is 0 Å². The fraction of sp³-hybridized carbons (Fsp3) is 0.406. The smallest absolute Gasteiger partial charge is 0.465 e. The van der Waals surface area contributed by atoms with Crippen LogP contribution in [0.3, 0.4) is 0 Å². The number of hydrogen-bond donors (Lipinski definition) is 0. The van der Waals surface area contributed by atoms with Gasteiger partial charge in [-0.15, -0.1) is 24.5 Å². The summed E-state index contributed by atoms with van der Waals surface area (Å²) < 4.78 is 47.6. The normalized spacial score (nSPS) is 23.5. The van der Waals surface area contributed by atoms with Crippen LogP contribution in [0.5, 0.6) is 5.75 Å². The lowest BCUT2D eigenvalue weighted by Gasteiger charge is -2.33. The minimum absolute atomic E-state index is 0.0340. The Balaban J connectivity index is 1.40. The highest BCUT2D eigenvalue weighted by Gasteiger charge is 2.61. The second-order valence-corrected chi connectivity index (χ2v) is 13.4. The van der Waals surface area contributed by atoms with Crippen LogP contribution in [0, 0.1) is 17.3 Å². The monoisotopic (exact) mass is 628 g/mol. The molecule has 8 nitrogen and oxygen atoms in total. The number of nitrogens with zero attached hydrogens (tertiary/aromatic N) is 2. The number of rotatable bonds is 5. The van der Waals surface area contributed by atoms with Crippen LogP contribution in [0.2, 0.25) is 0 Å². The molecule has 2 aromatic carbocycles. The number of benzene rings is 2. The predicted molar refractivity (Wildman–Crippen MR) is 156 cm³/mol. The molecule has 232 valence electrons. The Morgan fingerprint density at radius 1 is 1.00 bits per heavy atom. The van der Waals surface area contributed by atoms with Gasteiger partial charge in [0.05, 0.1) is 24.4 Å². The number of methoxy groups -OCH3 is 1. The number of thiophene rings is 1. The van der Waals surface area contributed by atoms with Crippen LogP contribution in [-0.4, -0.2) is 37.4 Å². The molecule has 2 aliphatic heterocycles. The van der Waals surface area contributed by atoms with E-state index in [1.54, 1.807) is 30.3 Å². The highest BCUT2D eigenvalue weighted by Crippen LogP contribution is 2.51. The van der Waals surface area contributed by atoms with Crippen molar-refractivity contribution in [2.75, 3.05) is 17.1 Å². The molecule has 3 aliphatic rings. The van der Waals surface area contributed by atoms with Crippen LogP contribution in [0.4, 0.5) is 23.9 Å². The standard InChI is InChI=1S/C32H31F3N2O6S/c1-31(2,3)18-12-15-21-22(16-18)44-29(23(21)30(40)41-4)36-27(38)24-25(17-10-13-20(14-11-17)42-32(33,34)35)37(43-26(24)28(36)39)19-8-6-5-7-9-19/h5-11,13-14,18,24-26H,12,15-16H2,1-4H3/t18-,24+,25+,26+/m1/s1. The van der Waals surface area contributed by atoms with E-state index in [0.717, 1.165) is 33.9 Å². The third-order valence-corrected chi connectivity index (χ3v) is 9.88. The molecule has 0 N–H and O–H groups in total. The van der Waals surface area contributed by atoms with Gasteiger partial charge in [0.2, 0.25) is 5.91 Å². The molecule has 12 heteroatoms. The van der Waals surface area contributed by atoms with Crippen LogP contribution in [-0.2, 0) is 32.0 Å². The summed E-state index contributed by atoms with van der Waals surface area (Å²) in [5.41, 5.74) is 2.08. The first-order valence-corrected chi connectivity index (χ1v) is 15.1. The van der Waals surface area contributed by atoms with Crippen molar-refractivity contribution in [2.45, 2.75) is 58.5 Å². The molecule has 1 aliphatic carbocycles. The lowest BCUT2D eigenvalue weighted by molar-refractivity contribution is -0.274. The van der Waals surface area contributed by atoms with Crippen molar-refractivity contribution in [3.63, 3.8) is 0 Å². The summed E-state index contributed by atoms with van der Waals surface area (Å²) in [6, 6.07) is 13.1. The predicted octanol–water partition coefficient (Wildman–Crippen LogP) is 6.64. The first-order chi connectivity index (χ1) is 20.8. The Kier molecular flexibility index (Phi) is 7.48. The van der Waals surface area contributed by atoms with Crippen molar-refractivity contribution in [1.29, 1.82) is 0 Å². The maximum atomic E-state index is 14.3. The lowest BCUT2D eigenvalue weighted by atomic mass is 9.72. The zero-order valence-corrected chi connectivity index (χ0v) is 25.3. The number of esters is 1. The minimum Gasteiger partial charge on any atom is -0.465 e. The summed E-state index contributed by atoms with van der Waals surface area (Å²) in [5.74, 6) is -2.89. The Morgan fingerprint density at radius 3 is 2.30 bits per heavy atom. The van der Waals surface area contributed by atoms with Gasteiger partial charge in [-0.3, -0.25) is 14.4 Å². The van der Waals surface area contributed by atoms with Gasteiger partial charge in [0.25, 0.3) is 5.91 Å². The molecule has 0 bridgehead atoms. The van der Waals surface area contributed by atoms with E-state index < -0.39 is 48.0 Å². The molecular weight excluding hydrogens is 597 g/mol. The van der Waals surface area contributed by atoms with Gasteiger partial charge in [-0.05, 0) is 66.0 Å². The first kappa shape index (κ1) is 30.1. The average Bonchev–Trinajstić information content (AvgIpc) is 3.62. The number of hydroxylamine groups is 1. The molecule has 3 aromatic rings. The molecule has 0 unspecified atom stereocenters. The number of amides is 2. The zero-order valence-electron chi connectivity index (χ0n) is 24.5. The van der Waals surface area contributed by atoms with E-state index >= 15 is 0 Å². The van der Waals surface area contributed by atoms with E-state index in [2.05, 4.69) is 25.5 Å². The Morgan fingerprint density at radius 2 is 1.68 bits per heavy atom. The number of hydrogen-bond acceptors (Lipinski definition) is 8. The molecule has 2 saturated heterocycles. The van der Waals surface area contributed by atoms with E-state index in [-0.39, 0.29) is 16.0 Å². The average molecular weight is 629 g/mol. The van der Waals surface area contributed by atoms with Crippen molar-refractivity contribution in [3.05, 3.63) is 76.2 Å². The fourth-order valence-corrected chi connectivity index (χ4v) is 7.82. The number of alkyl halides is 3. The van der Waals surface area contributed by atoms with Crippen molar-refractivity contribution >= 4 is 39.8 Å². The number of para-hydroxylation sites is 1. The molecule has 2 amide bonds. The Bertz CT molecular complexity index is 1600. The topological polar surface area (TPSA) is 85.4 Å². The van der Waals surface area contributed by atoms with Gasteiger partial charge in [0.15, 0.2) is 6.10 Å². The minimum atomic E-state index is -4.86. The Labute approximate surface area is 256 Å². The van der Waals surface area contributed by atoms with Gasteiger partial charge >= 0.3 is 12.3 Å². The third-order valence-electron chi connectivity index (χ3n) is 8.65. The van der Waals surface area contributed by atoms with Crippen molar-refractivity contribution in [2.24, 2.45) is 17.3 Å². The fourth-order valence-electron chi connectivity index (χ4n) is 6.40. The molecule has 0 saturated carbocycles. The number of imide groups is 1. The van der Waals surface area contributed by atoms with Gasteiger partial charge < -0.3 is 9.47 Å². The first-order valence-electron chi connectivity index (χ1n) is 14.3. The summed E-state index contributed by atoms with van der Waals surface area (Å²) in [5, 5.41) is 1.68. The third kappa shape index (κ3) is 5.23. The molecule has 0 radical (unpaired) electrons. The zero-order chi connectivity index (χ0) is 31.6. The number of carbonyl (C=O) groups is 3. The largest absolute Gasteiger partial charge is 0.573 e. The SMILES string of the molecule is COC(=O)c1c(N2C(=O)[C@@H]3[C@H](ON(c4ccccc4)[C@H]3c3ccc(OC(F)(F)F)cc3)C2=O)sc2c1CC[C@@H](C(C)(C)C)C2. The van der Waals surface area contributed by atoms with Crippen LogP contribution < -0.4 is 14.7 Å². The second-order valence-electron chi connectivity index (χ2n) is 12.3. The van der Waals surface area contributed by atoms with Gasteiger partial charge in [-0.1, -0.05) is 51.1 Å². The van der Waals surface area contributed by atoms with Crippen LogP contribution >= 0.6 is 11.3 Å². The van der Waals surface area contributed by atoms with Crippen LogP contribution in [0.15, 0.2) is 54.6 Å². The molecular formula is C32H31F3N2O6S. The maximum Gasteiger partial charge on any atom is 0.573 e. The van der Waals surface area contributed by atoms with Crippen molar-refractivity contribution in [3.8, 4) is 5.75 Å². The summed E-state index contributed by atoms with van der Waals surface area (Å²) in [4.78, 5) is 49.6. The molecule has 4 atom stereocenters. The molecule has 3 heterocycles. The van der Waals surface area contributed by atoms with Crippen LogP contribution in [0.25, 0.3) is 0 Å². The summed E-state index contributed by atoms with van der Waals surface area (Å²) in [6.07, 6.45) is -3.89. The number of anilines is 2. The number of carbonyl (C=O) groups excluding carboxylic acids is 3. The van der Waals surface area contributed by atoms with Gasteiger partial charge in [-0.25, -0.2) is 14.8 Å². The molecule has 6 rings (SSSR count). The molecule has 2 fully saturated rings. The van der Waals surface area contributed by atoms with E-state index in [9.17, 15) is 27.6 Å². The quantitative estimate of drug-likeness (QED) is 0.232. The molecule has 1 aromatic heterocycles. The van der Waals surface area contributed by atoms with E-state index in [0.29, 0.717) is 30.0 Å². The highest BCUT2D eigenvalue weighted by atomic mass is 32.1. The van der Waals surface area contributed by atoms with Gasteiger partial charge in [0.1, 0.15) is 16.7 Å². The summed E-state index contributed by atoms with van der Waals surface area (Å²) in [7, 11) is 1.27. The number of fused-ring (bicyclic) bond motifs is 2.